The summed E-state index contributed by atoms with van der Waals surface area (Å²) in [4.78, 5) is 15.8. The van der Waals surface area contributed by atoms with Crippen molar-refractivity contribution in [3.8, 4) is 5.75 Å². The molecule has 0 radical (unpaired) electrons. The van der Waals surface area contributed by atoms with Gasteiger partial charge in [-0.3, -0.25) is 9.69 Å². The van der Waals surface area contributed by atoms with Gasteiger partial charge in [-0.15, -0.1) is 0 Å². The number of phenols is 1. The number of piperazine rings is 1. The maximum Gasteiger partial charge on any atom is 0.257 e. The highest BCUT2D eigenvalue weighted by molar-refractivity contribution is 6.32. The van der Waals surface area contributed by atoms with Gasteiger partial charge in [0.15, 0.2) is 0 Å². The lowest BCUT2D eigenvalue weighted by Gasteiger charge is -2.34. The number of hydrogen-bond acceptors (Lipinski definition) is 4. The molecule has 110 valence electrons. The molecule has 20 heavy (non-hydrogen) atoms. The summed E-state index contributed by atoms with van der Waals surface area (Å²) in [6.45, 7) is 2.85. The fourth-order valence-electron chi connectivity index (χ4n) is 2.22. The smallest absolute Gasteiger partial charge is 0.257 e. The van der Waals surface area contributed by atoms with E-state index in [1.165, 1.54) is 0 Å². The van der Waals surface area contributed by atoms with Crippen LogP contribution in [-0.2, 0) is 0 Å². The van der Waals surface area contributed by atoms with Gasteiger partial charge in [0.05, 0.1) is 17.2 Å². The zero-order valence-electron chi connectivity index (χ0n) is 10.9. The van der Waals surface area contributed by atoms with Crippen molar-refractivity contribution in [3.63, 3.8) is 0 Å². The van der Waals surface area contributed by atoms with Gasteiger partial charge >= 0.3 is 0 Å². The van der Waals surface area contributed by atoms with Gasteiger partial charge in [-0.25, -0.2) is 4.39 Å². The molecule has 5 nitrogen and oxygen atoms in total. The van der Waals surface area contributed by atoms with E-state index < -0.39 is 17.5 Å². The first kappa shape index (κ1) is 15.0. The van der Waals surface area contributed by atoms with Gasteiger partial charge in [0.25, 0.3) is 5.91 Å². The third-order valence-electron chi connectivity index (χ3n) is 3.33. The van der Waals surface area contributed by atoms with Crippen molar-refractivity contribution < 1.29 is 19.4 Å². The number of aliphatic hydroxyl groups excluding tert-OH is 1. The van der Waals surface area contributed by atoms with Gasteiger partial charge < -0.3 is 15.1 Å². The highest BCUT2D eigenvalue weighted by Crippen LogP contribution is 2.29. The summed E-state index contributed by atoms with van der Waals surface area (Å²) in [6, 6.07) is 1.95. The minimum atomic E-state index is -0.657. The van der Waals surface area contributed by atoms with Gasteiger partial charge in [-0.05, 0) is 12.1 Å². The predicted octanol–water partition coefficient (Wildman–Crippen LogP) is 0.935. The lowest BCUT2D eigenvalue weighted by Crippen LogP contribution is -2.49. The third-order valence-corrected chi connectivity index (χ3v) is 3.62. The molecule has 1 aliphatic heterocycles. The monoisotopic (exact) mass is 302 g/mol. The molecule has 0 saturated carbocycles. The fourth-order valence-corrected chi connectivity index (χ4v) is 2.42. The number of carbonyl (C=O) groups is 1. The van der Waals surface area contributed by atoms with Gasteiger partial charge in [-0.2, -0.15) is 0 Å². The lowest BCUT2D eigenvalue weighted by atomic mass is 10.1. The topological polar surface area (TPSA) is 64.0 Å². The van der Waals surface area contributed by atoms with E-state index in [2.05, 4.69) is 0 Å². The Morgan fingerprint density at radius 2 is 1.95 bits per heavy atom. The first-order valence-corrected chi connectivity index (χ1v) is 6.71. The Balaban J connectivity index is 2.09. The van der Waals surface area contributed by atoms with E-state index >= 15 is 0 Å². The van der Waals surface area contributed by atoms with Gasteiger partial charge in [0, 0.05) is 32.7 Å². The number of amides is 1. The van der Waals surface area contributed by atoms with Crippen LogP contribution >= 0.6 is 11.6 Å². The Morgan fingerprint density at radius 1 is 1.30 bits per heavy atom. The molecule has 2 N–H and O–H groups in total. The van der Waals surface area contributed by atoms with Crippen LogP contribution in [0, 0.1) is 5.82 Å². The third kappa shape index (κ3) is 3.20. The van der Waals surface area contributed by atoms with Crippen LogP contribution in [0.1, 0.15) is 10.4 Å². The van der Waals surface area contributed by atoms with Crippen LogP contribution in [0.5, 0.6) is 5.75 Å². The quantitative estimate of drug-likeness (QED) is 0.872. The van der Waals surface area contributed by atoms with Crippen LogP contribution in [0.4, 0.5) is 4.39 Å². The summed E-state index contributed by atoms with van der Waals surface area (Å²) in [7, 11) is 0. The molecule has 1 aliphatic rings. The molecule has 1 fully saturated rings. The van der Waals surface area contributed by atoms with Gasteiger partial charge in [-0.1, -0.05) is 11.6 Å². The summed E-state index contributed by atoms with van der Waals surface area (Å²) in [5.74, 6) is -1.49. The van der Waals surface area contributed by atoms with Crippen LogP contribution in [0.15, 0.2) is 12.1 Å². The summed E-state index contributed by atoms with van der Waals surface area (Å²) < 4.78 is 13.3. The molecule has 7 heteroatoms. The second-order valence-electron chi connectivity index (χ2n) is 4.64. The van der Waals surface area contributed by atoms with Crippen LogP contribution in [0.25, 0.3) is 0 Å². The molecule has 0 aromatic heterocycles. The second kappa shape index (κ2) is 6.39. The molecule has 1 heterocycles. The molecule has 2 rings (SSSR count). The Morgan fingerprint density at radius 3 is 2.55 bits per heavy atom. The molecule has 1 aromatic rings. The Labute approximate surface area is 121 Å². The first-order valence-electron chi connectivity index (χ1n) is 6.33. The van der Waals surface area contributed by atoms with E-state index in [4.69, 9.17) is 16.7 Å². The van der Waals surface area contributed by atoms with E-state index in [-0.39, 0.29) is 17.2 Å². The predicted molar refractivity (Wildman–Crippen MR) is 72.5 cm³/mol. The average molecular weight is 303 g/mol. The number of β-amino-alcohol motifs (C(OH)–C–C–N with tert-alkyl or cyclic N) is 1. The molecule has 0 spiro atoms. The van der Waals surface area contributed by atoms with Crippen molar-refractivity contribution in [2.75, 3.05) is 39.3 Å². The molecular formula is C13H16ClFN2O3. The maximum absolute atomic E-state index is 13.3. The Kier molecular flexibility index (Phi) is 4.80. The number of rotatable bonds is 3. The van der Waals surface area contributed by atoms with Crippen molar-refractivity contribution in [1.82, 2.24) is 9.80 Å². The van der Waals surface area contributed by atoms with Crippen LogP contribution in [-0.4, -0.2) is 65.3 Å². The maximum atomic E-state index is 13.3. The number of aromatic hydroxyl groups is 1. The second-order valence-corrected chi connectivity index (χ2v) is 5.05. The van der Waals surface area contributed by atoms with E-state index in [0.29, 0.717) is 32.7 Å². The number of phenolic OH excluding ortho intramolecular Hbond substituents is 1. The minimum absolute atomic E-state index is 0.0776. The van der Waals surface area contributed by atoms with Crippen LogP contribution < -0.4 is 0 Å². The van der Waals surface area contributed by atoms with E-state index in [9.17, 15) is 14.3 Å². The summed E-state index contributed by atoms with van der Waals surface area (Å²) >= 11 is 5.67. The molecule has 0 bridgehead atoms. The summed E-state index contributed by atoms with van der Waals surface area (Å²) in [6.07, 6.45) is 0. The number of aliphatic hydroxyl groups is 1. The van der Waals surface area contributed by atoms with E-state index in [0.717, 1.165) is 12.1 Å². The Bertz CT molecular complexity index is 505. The standard InChI is InChI=1S/C13H16ClFN2O3/c14-11-8-9(15)7-10(12(11)19)13(20)17-3-1-16(2-4-17)5-6-18/h7-8,18-19H,1-6H2. The average Bonchev–Trinajstić information content (AvgIpc) is 2.43. The zero-order valence-corrected chi connectivity index (χ0v) is 11.6. The Hall–Kier alpha value is -1.37. The molecule has 0 unspecified atom stereocenters. The fraction of sp³-hybridized carbons (Fsp3) is 0.462. The minimum Gasteiger partial charge on any atom is -0.506 e. The van der Waals surface area contributed by atoms with Crippen molar-refractivity contribution in [3.05, 3.63) is 28.5 Å². The normalized spacial score (nSPS) is 16.4. The SMILES string of the molecule is O=C(c1cc(F)cc(Cl)c1O)N1CCN(CCO)CC1. The molecule has 0 atom stereocenters. The number of hydrogen-bond donors (Lipinski definition) is 2. The highest BCUT2D eigenvalue weighted by Gasteiger charge is 2.25. The highest BCUT2D eigenvalue weighted by atomic mass is 35.5. The molecule has 1 saturated heterocycles. The van der Waals surface area contributed by atoms with Crippen molar-refractivity contribution >= 4 is 17.5 Å². The van der Waals surface area contributed by atoms with Gasteiger partial charge in [0.2, 0.25) is 0 Å². The molecule has 1 amide bonds. The molecule has 1 aromatic carbocycles. The van der Waals surface area contributed by atoms with E-state index in [1.807, 2.05) is 4.90 Å². The summed E-state index contributed by atoms with van der Waals surface area (Å²) in [5, 5.41) is 18.5. The van der Waals surface area contributed by atoms with Gasteiger partial charge in [0.1, 0.15) is 11.6 Å². The first-order chi connectivity index (χ1) is 9.52. The summed E-state index contributed by atoms with van der Waals surface area (Å²) in [5.41, 5.74) is -0.120. The lowest BCUT2D eigenvalue weighted by molar-refractivity contribution is 0.0611. The largest absolute Gasteiger partial charge is 0.506 e. The van der Waals surface area contributed by atoms with Crippen molar-refractivity contribution in [2.24, 2.45) is 0 Å². The van der Waals surface area contributed by atoms with Crippen molar-refractivity contribution in [2.45, 2.75) is 0 Å². The van der Waals surface area contributed by atoms with Crippen molar-refractivity contribution in [1.29, 1.82) is 0 Å². The molecular weight excluding hydrogens is 287 g/mol. The number of halogens is 2. The van der Waals surface area contributed by atoms with Crippen LogP contribution in [0.3, 0.4) is 0 Å². The molecule has 0 aliphatic carbocycles. The number of carbonyl (C=O) groups excluding carboxylic acids is 1. The van der Waals surface area contributed by atoms with Crippen LogP contribution in [0.2, 0.25) is 5.02 Å². The zero-order chi connectivity index (χ0) is 14.7. The number of nitrogens with zero attached hydrogens (tertiary/aromatic N) is 2. The number of benzene rings is 1. The van der Waals surface area contributed by atoms with E-state index in [1.54, 1.807) is 4.90 Å².